The summed E-state index contributed by atoms with van der Waals surface area (Å²) in [5, 5.41) is 7.27. The normalized spacial score (nSPS) is 10.5. The molecule has 2 N–H and O–H groups in total. The van der Waals surface area contributed by atoms with E-state index >= 15 is 0 Å². The maximum absolute atomic E-state index is 12.9. The van der Waals surface area contributed by atoms with E-state index in [-0.39, 0.29) is 5.82 Å². The average molecular weight is 363 g/mol. The molecule has 0 aliphatic heterocycles. The second-order valence-corrected chi connectivity index (χ2v) is 5.84. The predicted octanol–water partition coefficient (Wildman–Crippen LogP) is 5.28. The number of nitrogens with one attached hydrogen (secondary N) is 2. The van der Waals surface area contributed by atoms with Gasteiger partial charge in [-0.15, -0.1) is 0 Å². The minimum atomic E-state index is -0.259. The smallest absolute Gasteiger partial charge is 0.229 e. The van der Waals surface area contributed by atoms with Gasteiger partial charge in [0.2, 0.25) is 5.95 Å². The van der Waals surface area contributed by atoms with Gasteiger partial charge >= 0.3 is 0 Å². The van der Waals surface area contributed by atoms with E-state index in [1.807, 2.05) is 0 Å². The van der Waals surface area contributed by atoms with E-state index in [9.17, 15) is 4.39 Å². The minimum Gasteiger partial charge on any atom is -0.366 e. The zero-order valence-corrected chi connectivity index (χ0v) is 13.9. The molecule has 24 heavy (non-hydrogen) atoms. The largest absolute Gasteiger partial charge is 0.366 e. The summed E-state index contributed by atoms with van der Waals surface area (Å²) in [7, 11) is 0. The first-order valence-corrected chi connectivity index (χ1v) is 7.89. The predicted molar refractivity (Wildman–Crippen MR) is 95.5 cm³/mol. The number of hydrogen-bond donors (Lipinski definition) is 2. The summed E-state index contributed by atoms with van der Waals surface area (Å²) in [6.45, 7) is 0.522. The third-order valence-electron chi connectivity index (χ3n) is 3.22. The second kappa shape index (κ2) is 7.47. The van der Waals surface area contributed by atoms with Gasteiger partial charge in [0.15, 0.2) is 0 Å². The SMILES string of the molecule is Fc1ccc(CNc2ccnc(Nc3cc(Cl)ccc3Cl)n2)cc1. The zero-order valence-electron chi connectivity index (χ0n) is 12.4. The van der Waals surface area contributed by atoms with Gasteiger partial charge in [-0.05, 0) is 42.0 Å². The monoisotopic (exact) mass is 362 g/mol. The fourth-order valence-electron chi connectivity index (χ4n) is 2.03. The summed E-state index contributed by atoms with van der Waals surface area (Å²) in [5.74, 6) is 0.768. The van der Waals surface area contributed by atoms with Crippen molar-refractivity contribution in [3.8, 4) is 0 Å². The van der Waals surface area contributed by atoms with Crippen molar-refractivity contribution in [3.63, 3.8) is 0 Å². The molecule has 0 radical (unpaired) electrons. The standard InChI is InChI=1S/C17H13Cl2FN4/c18-12-3-6-14(19)15(9-12)23-17-21-8-7-16(24-17)22-10-11-1-4-13(20)5-2-11/h1-9H,10H2,(H2,21,22,23,24). The van der Waals surface area contributed by atoms with Crippen LogP contribution in [0.1, 0.15) is 5.56 Å². The van der Waals surface area contributed by atoms with Gasteiger partial charge in [0.25, 0.3) is 0 Å². The number of anilines is 3. The highest BCUT2D eigenvalue weighted by Gasteiger charge is 2.05. The maximum atomic E-state index is 12.9. The van der Waals surface area contributed by atoms with Crippen LogP contribution in [0, 0.1) is 5.82 Å². The molecule has 7 heteroatoms. The Morgan fingerprint density at radius 3 is 2.58 bits per heavy atom. The number of nitrogens with zero attached hydrogens (tertiary/aromatic N) is 2. The molecule has 0 saturated heterocycles. The van der Waals surface area contributed by atoms with Crippen LogP contribution in [0.4, 0.5) is 21.8 Å². The van der Waals surface area contributed by atoms with E-state index in [1.54, 1.807) is 42.6 Å². The molecule has 4 nitrogen and oxygen atoms in total. The molecule has 0 spiro atoms. The highest BCUT2D eigenvalue weighted by Crippen LogP contribution is 2.27. The Hall–Kier alpha value is -2.37. The van der Waals surface area contributed by atoms with Crippen molar-refractivity contribution < 1.29 is 4.39 Å². The van der Waals surface area contributed by atoms with Crippen molar-refractivity contribution in [2.75, 3.05) is 10.6 Å². The molecular weight excluding hydrogens is 350 g/mol. The van der Waals surface area contributed by atoms with Crippen LogP contribution in [0.25, 0.3) is 0 Å². The third-order valence-corrected chi connectivity index (χ3v) is 3.78. The van der Waals surface area contributed by atoms with Crippen LogP contribution < -0.4 is 10.6 Å². The van der Waals surface area contributed by atoms with E-state index in [2.05, 4.69) is 20.6 Å². The van der Waals surface area contributed by atoms with E-state index in [1.165, 1.54) is 12.1 Å². The van der Waals surface area contributed by atoms with Crippen LogP contribution >= 0.6 is 23.2 Å². The Bertz CT molecular complexity index is 840. The van der Waals surface area contributed by atoms with Crippen molar-refractivity contribution in [1.29, 1.82) is 0 Å². The Morgan fingerprint density at radius 1 is 1.00 bits per heavy atom. The molecule has 0 aliphatic rings. The molecule has 0 aliphatic carbocycles. The van der Waals surface area contributed by atoms with E-state index < -0.39 is 0 Å². The number of aromatic nitrogens is 2. The van der Waals surface area contributed by atoms with Gasteiger partial charge in [0.1, 0.15) is 11.6 Å². The Morgan fingerprint density at radius 2 is 1.79 bits per heavy atom. The first-order chi connectivity index (χ1) is 11.6. The maximum Gasteiger partial charge on any atom is 0.229 e. The number of halogens is 3. The molecule has 0 saturated carbocycles. The molecule has 2 aromatic carbocycles. The molecule has 0 fully saturated rings. The molecular formula is C17H13Cl2FN4. The van der Waals surface area contributed by atoms with Crippen LogP contribution in [0.3, 0.4) is 0 Å². The van der Waals surface area contributed by atoms with Gasteiger partial charge in [0.05, 0.1) is 10.7 Å². The van der Waals surface area contributed by atoms with Crippen molar-refractivity contribution in [2.45, 2.75) is 6.54 Å². The molecule has 1 aromatic heterocycles. The summed E-state index contributed by atoms with van der Waals surface area (Å²) in [6.07, 6.45) is 1.63. The molecule has 0 unspecified atom stereocenters. The van der Waals surface area contributed by atoms with Gasteiger partial charge in [-0.25, -0.2) is 9.37 Å². The van der Waals surface area contributed by atoms with Crippen LogP contribution in [0.15, 0.2) is 54.7 Å². The summed E-state index contributed by atoms with van der Waals surface area (Å²) in [5.41, 5.74) is 1.57. The summed E-state index contributed by atoms with van der Waals surface area (Å²) in [4.78, 5) is 8.52. The minimum absolute atomic E-state index is 0.259. The molecule has 0 amide bonds. The summed E-state index contributed by atoms with van der Waals surface area (Å²) < 4.78 is 12.9. The van der Waals surface area contributed by atoms with Gasteiger partial charge in [0, 0.05) is 17.8 Å². The second-order valence-electron chi connectivity index (χ2n) is 4.99. The van der Waals surface area contributed by atoms with Gasteiger partial charge < -0.3 is 10.6 Å². The lowest BCUT2D eigenvalue weighted by Gasteiger charge is -2.10. The number of hydrogen-bond acceptors (Lipinski definition) is 4. The first-order valence-electron chi connectivity index (χ1n) is 7.13. The molecule has 0 bridgehead atoms. The first kappa shape index (κ1) is 16.5. The topological polar surface area (TPSA) is 49.8 Å². The quantitative estimate of drug-likeness (QED) is 0.648. The molecule has 3 rings (SSSR count). The fraction of sp³-hybridized carbons (Fsp3) is 0.0588. The molecule has 3 aromatic rings. The number of benzene rings is 2. The Balaban J connectivity index is 1.69. The van der Waals surface area contributed by atoms with Crippen LogP contribution in [0.2, 0.25) is 10.0 Å². The van der Waals surface area contributed by atoms with Crippen LogP contribution in [0.5, 0.6) is 0 Å². The van der Waals surface area contributed by atoms with Gasteiger partial charge in [-0.1, -0.05) is 35.3 Å². The van der Waals surface area contributed by atoms with Crippen LogP contribution in [-0.4, -0.2) is 9.97 Å². The summed E-state index contributed by atoms with van der Waals surface area (Å²) >= 11 is 12.1. The van der Waals surface area contributed by atoms with Crippen LogP contribution in [-0.2, 0) is 6.54 Å². The lowest BCUT2D eigenvalue weighted by molar-refractivity contribution is 0.627. The Kier molecular flexibility index (Phi) is 5.13. The van der Waals surface area contributed by atoms with E-state index in [0.29, 0.717) is 34.0 Å². The molecule has 0 atom stereocenters. The van der Waals surface area contributed by atoms with Gasteiger partial charge in [-0.2, -0.15) is 4.98 Å². The molecule has 122 valence electrons. The average Bonchev–Trinajstić information content (AvgIpc) is 2.58. The zero-order chi connectivity index (χ0) is 16.9. The van der Waals surface area contributed by atoms with Crippen molar-refractivity contribution in [3.05, 3.63) is 76.2 Å². The lowest BCUT2D eigenvalue weighted by Crippen LogP contribution is -2.04. The number of rotatable bonds is 5. The highest BCUT2D eigenvalue weighted by molar-refractivity contribution is 6.35. The van der Waals surface area contributed by atoms with Gasteiger partial charge in [-0.3, -0.25) is 0 Å². The molecule has 1 heterocycles. The van der Waals surface area contributed by atoms with Crippen molar-refractivity contribution in [2.24, 2.45) is 0 Å². The lowest BCUT2D eigenvalue weighted by atomic mass is 10.2. The third kappa shape index (κ3) is 4.34. The van der Waals surface area contributed by atoms with Crippen molar-refractivity contribution >= 4 is 40.7 Å². The Labute approximate surface area is 148 Å². The highest BCUT2D eigenvalue weighted by atomic mass is 35.5. The summed E-state index contributed by atoms with van der Waals surface area (Å²) in [6, 6.07) is 13.1. The van der Waals surface area contributed by atoms with E-state index in [4.69, 9.17) is 23.2 Å². The fourth-order valence-corrected chi connectivity index (χ4v) is 2.36. The van der Waals surface area contributed by atoms with Crippen molar-refractivity contribution in [1.82, 2.24) is 9.97 Å². The van der Waals surface area contributed by atoms with E-state index in [0.717, 1.165) is 5.56 Å².